The molecule has 0 unspecified atom stereocenters. The normalized spacial score (nSPS) is 12.1. The van der Waals surface area contributed by atoms with Gasteiger partial charge in [0.25, 0.3) is 0 Å². The summed E-state index contributed by atoms with van der Waals surface area (Å²) < 4.78 is 7.41. The molecule has 0 amide bonds. The van der Waals surface area contributed by atoms with E-state index in [0.717, 1.165) is 33.2 Å². The van der Waals surface area contributed by atoms with Gasteiger partial charge in [-0.15, -0.1) is 0 Å². The highest BCUT2D eigenvalue weighted by Crippen LogP contribution is 2.27. The highest BCUT2D eigenvalue weighted by molar-refractivity contribution is 6.17. The quantitative estimate of drug-likeness (QED) is 0.255. The number of aryl methyl sites for hydroxylation is 2. The Kier molecular flexibility index (Phi) is 7.55. The molecule has 4 aromatic rings. The average Bonchev–Trinajstić information content (AvgIpc) is 3.26. The summed E-state index contributed by atoms with van der Waals surface area (Å²) >= 11 is 0. The van der Waals surface area contributed by atoms with Crippen molar-refractivity contribution in [3.8, 4) is 0 Å². The van der Waals surface area contributed by atoms with Crippen molar-refractivity contribution in [3.05, 3.63) is 112 Å². The molecule has 0 radical (unpaired) electrons. The number of fused-ring (bicyclic) bond motifs is 1. The van der Waals surface area contributed by atoms with Gasteiger partial charge >= 0.3 is 5.97 Å². The van der Waals surface area contributed by atoms with Gasteiger partial charge in [-0.25, -0.2) is 4.79 Å². The second kappa shape index (κ2) is 10.8. The van der Waals surface area contributed by atoms with Crippen LogP contribution in [0.1, 0.15) is 52.0 Å². The molecule has 5 nitrogen and oxygen atoms in total. The highest BCUT2D eigenvalue weighted by Gasteiger charge is 2.27. The van der Waals surface area contributed by atoms with Crippen LogP contribution in [0.5, 0.6) is 0 Å². The summed E-state index contributed by atoms with van der Waals surface area (Å²) in [7, 11) is 0. The van der Waals surface area contributed by atoms with Gasteiger partial charge in [0.2, 0.25) is 0 Å². The number of rotatable bonds is 9. The number of nitrogens with zero attached hydrogens (tertiary/aromatic N) is 1. The van der Waals surface area contributed by atoms with E-state index in [9.17, 15) is 9.59 Å². The van der Waals surface area contributed by atoms with Crippen LogP contribution in [0, 0.1) is 13.8 Å². The van der Waals surface area contributed by atoms with E-state index in [1.54, 1.807) is 6.08 Å². The molecule has 1 N–H and O–H groups in total. The lowest BCUT2D eigenvalue weighted by Crippen LogP contribution is -2.34. The molecule has 0 saturated heterocycles. The third kappa shape index (κ3) is 5.96. The van der Waals surface area contributed by atoms with Gasteiger partial charge < -0.3 is 14.4 Å². The van der Waals surface area contributed by atoms with Crippen molar-refractivity contribution in [1.29, 1.82) is 0 Å². The lowest BCUT2D eigenvalue weighted by atomic mass is 10.0. The number of hydrogen-bond donors (Lipinski definition) is 1. The van der Waals surface area contributed by atoms with Crippen molar-refractivity contribution in [1.82, 2.24) is 4.57 Å². The Bertz CT molecular complexity index is 1490. The Morgan fingerprint density at radius 3 is 2.22 bits per heavy atom. The predicted octanol–water partition coefficient (Wildman–Crippen LogP) is 7.01. The Labute approximate surface area is 217 Å². The predicted molar refractivity (Wildman–Crippen MR) is 150 cm³/mol. The van der Waals surface area contributed by atoms with Crippen LogP contribution in [0.4, 0.5) is 0 Å². The zero-order valence-electron chi connectivity index (χ0n) is 21.6. The van der Waals surface area contributed by atoms with E-state index in [1.807, 2.05) is 96.7 Å². The number of benzene rings is 3. The third-order valence-corrected chi connectivity index (χ3v) is 6.34. The maximum atomic E-state index is 13.3. The number of carbonyl (C=O) groups is 2. The molecule has 3 aromatic carbocycles. The largest absolute Gasteiger partial charge is 0.479 e. The minimum atomic E-state index is -1.22. The number of hydrogen-bond acceptors (Lipinski definition) is 3. The van der Waals surface area contributed by atoms with Crippen LogP contribution < -0.4 is 0 Å². The first-order chi connectivity index (χ1) is 17.7. The van der Waals surface area contributed by atoms with E-state index in [0.29, 0.717) is 11.1 Å². The van der Waals surface area contributed by atoms with E-state index >= 15 is 0 Å². The topological polar surface area (TPSA) is 68.5 Å². The molecule has 0 aliphatic rings. The van der Waals surface area contributed by atoms with Crippen molar-refractivity contribution in [3.63, 3.8) is 0 Å². The standard InChI is InChI=1S/C32H31NO4/c1-22-10-16-26(17-11-22)30(34)28-21-33(29-23(2)7-5-9-27(28)29)19-18-25-14-12-24(13-15-25)8-6-20-37-32(3,4)31(35)36/h5-19,21H,20H2,1-4H3,(H,35,36). The molecule has 0 bridgehead atoms. The van der Waals surface area contributed by atoms with Gasteiger partial charge in [0.05, 0.1) is 12.1 Å². The van der Waals surface area contributed by atoms with Crippen LogP contribution in [0.2, 0.25) is 0 Å². The minimum Gasteiger partial charge on any atom is -0.479 e. The fourth-order valence-electron chi connectivity index (χ4n) is 4.04. The summed E-state index contributed by atoms with van der Waals surface area (Å²) in [6.07, 6.45) is 9.60. The zero-order valence-corrected chi connectivity index (χ0v) is 21.6. The molecule has 1 aromatic heterocycles. The van der Waals surface area contributed by atoms with Gasteiger partial charge in [-0.1, -0.05) is 84.4 Å². The molecule has 1 heterocycles. The second-order valence-corrected chi connectivity index (χ2v) is 9.63. The molecule has 0 aliphatic carbocycles. The molecule has 0 spiro atoms. The number of ether oxygens (including phenoxy) is 1. The number of carboxylic acids is 1. The van der Waals surface area contributed by atoms with Gasteiger partial charge in [-0.3, -0.25) is 4.79 Å². The Hall–Kier alpha value is -4.22. The van der Waals surface area contributed by atoms with Crippen LogP contribution >= 0.6 is 0 Å². The van der Waals surface area contributed by atoms with Crippen LogP contribution in [0.3, 0.4) is 0 Å². The van der Waals surface area contributed by atoms with Gasteiger partial charge in [-0.05, 0) is 50.5 Å². The van der Waals surface area contributed by atoms with E-state index in [2.05, 4.69) is 13.0 Å². The molecule has 4 rings (SSSR count). The van der Waals surface area contributed by atoms with Crippen LogP contribution in [-0.2, 0) is 9.53 Å². The summed E-state index contributed by atoms with van der Waals surface area (Å²) in [6, 6.07) is 21.7. The second-order valence-electron chi connectivity index (χ2n) is 9.63. The number of aliphatic carboxylic acids is 1. The van der Waals surface area contributed by atoms with Crippen LogP contribution in [-0.4, -0.2) is 33.6 Å². The zero-order chi connectivity index (χ0) is 26.6. The first kappa shape index (κ1) is 25.9. The summed E-state index contributed by atoms with van der Waals surface area (Å²) in [5.74, 6) is -0.982. The lowest BCUT2D eigenvalue weighted by molar-refractivity contribution is -0.159. The van der Waals surface area contributed by atoms with E-state index in [-0.39, 0.29) is 12.4 Å². The third-order valence-electron chi connectivity index (χ3n) is 6.34. The molecule has 5 heteroatoms. The van der Waals surface area contributed by atoms with E-state index < -0.39 is 11.6 Å². The first-order valence-electron chi connectivity index (χ1n) is 12.2. The SMILES string of the molecule is Cc1ccc(C(=O)c2cn(C=Cc3ccc(C=CCOC(C)(C)C(=O)O)cc3)c3c(C)cccc23)cc1. The van der Waals surface area contributed by atoms with Gasteiger partial charge in [0.1, 0.15) is 0 Å². The molecule has 0 fully saturated rings. The maximum Gasteiger partial charge on any atom is 0.335 e. The molecular weight excluding hydrogens is 462 g/mol. The van der Waals surface area contributed by atoms with Gasteiger partial charge in [0.15, 0.2) is 11.4 Å². The molecule has 37 heavy (non-hydrogen) atoms. The van der Waals surface area contributed by atoms with E-state index in [1.165, 1.54) is 13.8 Å². The fourth-order valence-corrected chi connectivity index (χ4v) is 4.04. The van der Waals surface area contributed by atoms with Crippen LogP contribution in [0.15, 0.2) is 79.0 Å². The number of carbonyl (C=O) groups excluding carboxylic acids is 1. The molecule has 188 valence electrons. The van der Waals surface area contributed by atoms with Crippen molar-refractivity contribution >= 4 is 41.0 Å². The van der Waals surface area contributed by atoms with Crippen molar-refractivity contribution in [2.24, 2.45) is 0 Å². The monoisotopic (exact) mass is 493 g/mol. The van der Waals surface area contributed by atoms with Crippen LogP contribution in [0.25, 0.3) is 29.3 Å². The number of aromatic nitrogens is 1. The summed E-state index contributed by atoms with van der Waals surface area (Å²) in [5.41, 5.74) is 5.37. The molecule has 0 atom stereocenters. The molecule has 0 saturated carbocycles. The molecule has 0 aliphatic heterocycles. The average molecular weight is 494 g/mol. The molecular formula is C32H31NO4. The van der Waals surface area contributed by atoms with Crippen molar-refractivity contribution in [2.45, 2.75) is 33.3 Å². The Balaban J connectivity index is 1.53. The highest BCUT2D eigenvalue weighted by atomic mass is 16.5. The lowest BCUT2D eigenvalue weighted by Gasteiger charge is -2.18. The first-order valence-corrected chi connectivity index (χ1v) is 12.2. The number of carboxylic acid groups (broad SMARTS) is 1. The Morgan fingerprint density at radius 2 is 1.57 bits per heavy atom. The van der Waals surface area contributed by atoms with Gasteiger partial charge in [-0.2, -0.15) is 0 Å². The summed E-state index contributed by atoms with van der Waals surface area (Å²) in [5, 5.41) is 10.0. The fraction of sp³-hybridized carbons (Fsp3) is 0.188. The number of ketones is 1. The summed E-state index contributed by atoms with van der Waals surface area (Å²) in [6.45, 7) is 7.33. The smallest absolute Gasteiger partial charge is 0.335 e. The maximum absolute atomic E-state index is 13.3. The summed E-state index contributed by atoms with van der Waals surface area (Å²) in [4.78, 5) is 24.4. The van der Waals surface area contributed by atoms with E-state index in [4.69, 9.17) is 9.84 Å². The van der Waals surface area contributed by atoms with Crippen molar-refractivity contribution < 1.29 is 19.4 Å². The Morgan fingerprint density at radius 1 is 0.919 bits per heavy atom. The van der Waals surface area contributed by atoms with Gasteiger partial charge in [0, 0.05) is 28.9 Å². The minimum absolute atomic E-state index is 0.00890. The van der Waals surface area contributed by atoms with Crippen molar-refractivity contribution in [2.75, 3.05) is 6.61 Å². The number of para-hydroxylation sites is 1.